The van der Waals surface area contributed by atoms with Crippen LogP contribution in [-0.2, 0) is 11.3 Å². The Hall–Kier alpha value is -2.04. The van der Waals surface area contributed by atoms with Crippen LogP contribution in [0.25, 0.3) is 0 Å². The topological polar surface area (TPSA) is 100 Å². The van der Waals surface area contributed by atoms with E-state index in [1.807, 2.05) is 44.7 Å². The molecule has 8 nitrogen and oxygen atoms in total. The average Bonchev–Trinajstić information content (AvgIpc) is 2.65. The minimum atomic E-state index is -0.499. The van der Waals surface area contributed by atoms with E-state index >= 15 is 0 Å². The Morgan fingerprint density at radius 1 is 1.10 bits per heavy atom. The first-order valence-corrected chi connectivity index (χ1v) is 9.59. The molecule has 0 aliphatic carbocycles. The van der Waals surface area contributed by atoms with Crippen LogP contribution in [0.5, 0.6) is 0 Å². The van der Waals surface area contributed by atoms with Gasteiger partial charge in [-0.3, -0.25) is 4.79 Å². The average molecular weight is 517 g/mol. The summed E-state index contributed by atoms with van der Waals surface area (Å²) in [6.07, 6.45) is -0.296. The Morgan fingerprint density at radius 3 is 2.17 bits per heavy atom. The van der Waals surface area contributed by atoms with E-state index in [4.69, 9.17) is 10.5 Å². The number of hydrogen-bond donors (Lipinski definition) is 2. The molecule has 0 spiro atoms. The molecular weight excluding hydrogens is 485 g/mol. The number of nitrogens with one attached hydrogen (secondary N) is 1. The standard InChI is InChI=1S/C20H31N5O3.HI/c1-5-22-17(26)16-8-6-15(7-9-16)14-23-18(21)24-10-12-25(13-11-24)19(27)28-20(2,3)4;/h6-9H,5,10-14H2,1-4H3,(H2,21,23)(H,22,26);1H. The van der Waals surface area contributed by atoms with E-state index in [2.05, 4.69) is 10.3 Å². The summed E-state index contributed by atoms with van der Waals surface area (Å²) in [5, 5.41) is 2.77. The van der Waals surface area contributed by atoms with E-state index in [0.717, 1.165) is 5.56 Å². The van der Waals surface area contributed by atoms with Gasteiger partial charge in [-0.1, -0.05) is 12.1 Å². The number of carbonyl (C=O) groups excluding carboxylic acids is 2. The molecule has 3 N–H and O–H groups in total. The Balaban J connectivity index is 0.00000420. The third-order valence-electron chi connectivity index (χ3n) is 4.23. The zero-order valence-electron chi connectivity index (χ0n) is 17.6. The molecule has 1 aliphatic heterocycles. The molecule has 29 heavy (non-hydrogen) atoms. The van der Waals surface area contributed by atoms with Crippen molar-refractivity contribution in [3.05, 3.63) is 35.4 Å². The van der Waals surface area contributed by atoms with Crippen LogP contribution in [0.2, 0.25) is 0 Å². The lowest BCUT2D eigenvalue weighted by atomic mass is 10.1. The van der Waals surface area contributed by atoms with Gasteiger partial charge in [-0.15, -0.1) is 24.0 Å². The van der Waals surface area contributed by atoms with E-state index in [-0.39, 0.29) is 36.0 Å². The van der Waals surface area contributed by atoms with Gasteiger partial charge in [0.25, 0.3) is 5.91 Å². The second-order valence-electron chi connectivity index (χ2n) is 7.69. The highest BCUT2D eigenvalue weighted by Gasteiger charge is 2.26. The maximum absolute atomic E-state index is 12.1. The summed E-state index contributed by atoms with van der Waals surface area (Å²) in [6.45, 7) is 10.8. The molecule has 1 saturated heterocycles. The monoisotopic (exact) mass is 517 g/mol. The van der Waals surface area contributed by atoms with Gasteiger partial charge < -0.3 is 25.6 Å². The molecule has 2 amide bonds. The molecule has 1 aliphatic rings. The van der Waals surface area contributed by atoms with Crippen LogP contribution in [-0.4, -0.2) is 66.1 Å². The highest BCUT2D eigenvalue weighted by Crippen LogP contribution is 2.12. The summed E-state index contributed by atoms with van der Waals surface area (Å²) in [4.78, 5) is 32.0. The summed E-state index contributed by atoms with van der Waals surface area (Å²) < 4.78 is 5.40. The van der Waals surface area contributed by atoms with Crippen LogP contribution in [0.3, 0.4) is 0 Å². The van der Waals surface area contributed by atoms with Gasteiger partial charge in [0.1, 0.15) is 5.60 Å². The molecule has 0 radical (unpaired) electrons. The molecule has 0 unspecified atom stereocenters. The third kappa shape index (κ3) is 8.08. The van der Waals surface area contributed by atoms with Gasteiger partial charge in [-0.2, -0.15) is 0 Å². The number of benzene rings is 1. The molecule has 0 atom stereocenters. The summed E-state index contributed by atoms with van der Waals surface area (Å²) in [6, 6.07) is 7.32. The molecule has 1 aromatic rings. The molecule has 0 aromatic heterocycles. The van der Waals surface area contributed by atoms with E-state index in [1.54, 1.807) is 17.0 Å². The van der Waals surface area contributed by atoms with E-state index in [1.165, 1.54) is 0 Å². The minimum absolute atomic E-state index is 0. The summed E-state index contributed by atoms with van der Waals surface area (Å²) >= 11 is 0. The second-order valence-corrected chi connectivity index (χ2v) is 7.69. The first-order valence-electron chi connectivity index (χ1n) is 9.59. The minimum Gasteiger partial charge on any atom is -0.444 e. The van der Waals surface area contributed by atoms with Crippen molar-refractivity contribution in [3.8, 4) is 0 Å². The van der Waals surface area contributed by atoms with Crippen LogP contribution >= 0.6 is 24.0 Å². The predicted octanol–water partition coefficient (Wildman–Crippen LogP) is 2.42. The third-order valence-corrected chi connectivity index (χ3v) is 4.23. The maximum Gasteiger partial charge on any atom is 0.410 e. The number of aliphatic imine (C=N–C) groups is 1. The first-order chi connectivity index (χ1) is 13.2. The summed E-state index contributed by atoms with van der Waals surface area (Å²) in [7, 11) is 0. The van der Waals surface area contributed by atoms with E-state index < -0.39 is 5.60 Å². The molecular formula is C20H32IN5O3. The number of halogens is 1. The molecule has 162 valence electrons. The molecule has 9 heteroatoms. The molecule has 1 fully saturated rings. The zero-order valence-corrected chi connectivity index (χ0v) is 19.9. The van der Waals surface area contributed by atoms with Crippen molar-refractivity contribution in [1.82, 2.24) is 15.1 Å². The van der Waals surface area contributed by atoms with Crippen LogP contribution < -0.4 is 11.1 Å². The van der Waals surface area contributed by atoms with Crippen molar-refractivity contribution in [1.29, 1.82) is 0 Å². The Labute approximate surface area is 189 Å². The zero-order chi connectivity index (χ0) is 20.7. The predicted molar refractivity (Wildman–Crippen MR) is 125 cm³/mol. The van der Waals surface area contributed by atoms with E-state index in [9.17, 15) is 9.59 Å². The van der Waals surface area contributed by atoms with Crippen molar-refractivity contribution < 1.29 is 14.3 Å². The van der Waals surface area contributed by atoms with Crippen LogP contribution in [0.1, 0.15) is 43.6 Å². The second kappa shape index (κ2) is 11.2. The van der Waals surface area contributed by atoms with Gasteiger partial charge >= 0.3 is 6.09 Å². The highest BCUT2D eigenvalue weighted by atomic mass is 127. The number of piperazine rings is 1. The number of nitrogens with zero attached hydrogens (tertiary/aromatic N) is 3. The highest BCUT2D eigenvalue weighted by molar-refractivity contribution is 14.0. The van der Waals surface area contributed by atoms with Crippen LogP contribution in [0, 0.1) is 0 Å². The summed E-state index contributed by atoms with van der Waals surface area (Å²) in [5.41, 5.74) is 7.22. The van der Waals surface area contributed by atoms with E-state index in [0.29, 0.717) is 50.8 Å². The van der Waals surface area contributed by atoms with Gasteiger partial charge in [-0.25, -0.2) is 9.79 Å². The number of amides is 2. The van der Waals surface area contributed by atoms with Crippen molar-refractivity contribution in [2.75, 3.05) is 32.7 Å². The lowest BCUT2D eigenvalue weighted by Gasteiger charge is -2.36. The fraction of sp³-hybridized carbons (Fsp3) is 0.550. The molecule has 0 saturated carbocycles. The van der Waals surface area contributed by atoms with Gasteiger partial charge in [0.05, 0.1) is 6.54 Å². The quantitative estimate of drug-likeness (QED) is 0.363. The summed E-state index contributed by atoms with van der Waals surface area (Å²) in [5.74, 6) is 0.372. The smallest absolute Gasteiger partial charge is 0.410 e. The van der Waals surface area contributed by atoms with Gasteiger partial charge in [0.2, 0.25) is 0 Å². The van der Waals surface area contributed by atoms with Crippen molar-refractivity contribution in [2.24, 2.45) is 10.7 Å². The van der Waals surface area contributed by atoms with Crippen molar-refractivity contribution in [2.45, 2.75) is 39.8 Å². The number of hydrogen-bond acceptors (Lipinski definition) is 4. The SMILES string of the molecule is CCNC(=O)c1ccc(CN=C(N)N2CCN(C(=O)OC(C)(C)C)CC2)cc1.I. The van der Waals surface area contributed by atoms with Crippen molar-refractivity contribution in [3.63, 3.8) is 0 Å². The van der Waals surface area contributed by atoms with Gasteiger partial charge in [-0.05, 0) is 45.4 Å². The lowest BCUT2D eigenvalue weighted by Crippen LogP contribution is -2.53. The van der Waals surface area contributed by atoms with Gasteiger partial charge in [0.15, 0.2) is 5.96 Å². The normalized spacial score (nSPS) is 14.8. The number of rotatable bonds is 4. The fourth-order valence-electron chi connectivity index (χ4n) is 2.74. The number of carbonyl (C=O) groups is 2. The molecule has 2 rings (SSSR count). The maximum atomic E-state index is 12.1. The first kappa shape index (κ1) is 25.0. The lowest BCUT2D eigenvalue weighted by molar-refractivity contribution is 0.0186. The molecule has 0 bridgehead atoms. The van der Waals surface area contributed by atoms with Gasteiger partial charge in [0, 0.05) is 38.3 Å². The Bertz CT molecular complexity index is 708. The fourth-order valence-corrected chi connectivity index (χ4v) is 2.74. The molecule has 1 heterocycles. The van der Waals surface area contributed by atoms with Crippen LogP contribution in [0.4, 0.5) is 4.79 Å². The Morgan fingerprint density at radius 2 is 1.66 bits per heavy atom. The number of guanidine groups is 1. The van der Waals surface area contributed by atoms with Crippen molar-refractivity contribution >= 4 is 41.9 Å². The number of nitrogens with two attached hydrogens (primary N) is 1. The number of ether oxygens (including phenoxy) is 1. The van der Waals surface area contributed by atoms with Crippen LogP contribution in [0.15, 0.2) is 29.3 Å². The largest absolute Gasteiger partial charge is 0.444 e. The Kier molecular flexibility index (Phi) is 9.67. The molecule has 1 aromatic carbocycles.